The number of carbonyl (C=O) groups excluding carboxylic acids is 2. The van der Waals surface area contributed by atoms with Crippen LogP contribution in [-0.2, 0) is 9.53 Å². The molecule has 17 heavy (non-hydrogen) atoms. The molecule has 0 fully saturated rings. The summed E-state index contributed by atoms with van der Waals surface area (Å²) in [5.41, 5.74) is -0.655. The van der Waals surface area contributed by atoms with Gasteiger partial charge in [-0.15, -0.1) is 0 Å². The third-order valence-corrected chi connectivity index (χ3v) is 2.09. The van der Waals surface area contributed by atoms with Crippen molar-refractivity contribution in [3.8, 4) is 0 Å². The van der Waals surface area contributed by atoms with Crippen molar-refractivity contribution in [1.82, 2.24) is 9.97 Å². The van der Waals surface area contributed by atoms with Crippen LogP contribution in [0.5, 0.6) is 0 Å². The molecule has 0 saturated carbocycles. The van der Waals surface area contributed by atoms with Crippen LogP contribution in [0.1, 0.15) is 17.4 Å². The Bertz CT molecular complexity index is 536. The molecule has 1 aliphatic rings. The van der Waals surface area contributed by atoms with Crippen LogP contribution < -0.4 is 16.3 Å². The number of rotatable bonds is 2. The minimum Gasteiger partial charge on any atom is -0.461 e. The van der Waals surface area contributed by atoms with Gasteiger partial charge in [0.05, 0.1) is 13.2 Å². The molecule has 90 valence electrons. The first kappa shape index (κ1) is 11.1. The molecule has 8 nitrogen and oxygen atoms in total. The summed E-state index contributed by atoms with van der Waals surface area (Å²) in [5.74, 6) is -0.874. The number of nitrogens with one attached hydrogen (secondary N) is 3. The van der Waals surface area contributed by atoms with Crippen LogP contribution in [0.4, 0.5) is 11.5 Å². The van der Waals surface area contributed by atoms with Gasteiger partial charge >= 0.3 is 11.7 Å². The standard InChI is InChI=1S/C9H10N4O4/c1-2-17-8(15)6-5-7(13-9(16)12-6)10-3-4(14)11-5/h2-3H2,1H3,(H,11,14)(H2,10,12,13,16). The minimum atomic E-state index is -0.716. The summed E-state index contributed by atoms with van der Waals surface area (Å²) in [4.78, 5) is 39.9. The molecule has 0 unspecified atom stereocenters. The zero-order valence-corrected chi connectivity index (χ0v) is 8.99. The highest BCUT2D eigenvalue weighted by molar-refractivity contribution is 6.06. The number of ether oxygens (including phenoxy) is 1. The van der Waals surface area contributed by atoms with Crippen LogP contribution in [0, 0.1) is 0 Å². The molecule has 2 heterocycles. The van der Waals surface area contributed by atoms with E-state index in [2.05, 4.69) is 20.6 Å². The molecule has 1 amide bonds. The quantitative estimate of drug-likeness (QED) is 0.588. The first-order valence-corrected chi connectivity index (χ1v) is 4.97. The van der Waals surface area contributed by atoms with Crippen molar-refractivity contribution in [1.29, 1.82) is 0 Å². The molecule has 0 aliphatic carbocycles. The van der Waals surface area contributed by atoms with Gasteiger partial charge < -0.3 is 15.4 Å². The van der Waals surface area contributed by atoms with Crippen LogP contribution in [0.3, 0.4) is 0 Å². The number of fused-ring (bicyclic) bond motifs is 1. The van der Waals surface area contributed by atoms with Crippen molar-refractivity contribution >= 4 is 23.4 Å². The Morgan fingerprint density at radius 2 is 2.24 bits per heavy atom. The molecule has 0 radical (unpaired) electrons. The van der Waals surface area contributed by atoms with Gasteiger partial charge in [-0.2, -0.15) is 4.98 Å². The van der Waals surface area contributed by atoms with Gasteiger partial charge in [0.25, 0.3) is 0 Å². The van der Waals surface area contributed by atoms with Crippen LogP contribution >= 0.6 is 0 Å². The molecule has 8 heteroatoms. The average molecular weight is 238 g/mol. The SMILES string of the molecule is CCOC(=O)c1[nH]c(=O)nc2c1NC(=O)CN2. The Morgan fingerprint density at radius 1 is 1.47 bits per heavy atom. The fourth-order valence-electron chi connectivity index (χ4n) is 1.43. The number of H-pyrrole nitrogens is 1. The lowest BCUT2D eigenvalue weighted by Gasteiger charge is -2.18. The molecule has 0 aromatic carbocycles. The monoisotopic (exact) mass is 238 g/mol. The van der Waals surface area contributed by atoms with Crippen LogP contribution in [0.2, 0.25) is 0 Å². The van der Waals surface area contributed by atoms with Crippen molar-refractivity contribution in [2.75, 3.05) is 23.8 Å². The first-order valence-electron chi connectivity index (χ1n) is 4.97. The lowest BCUT2D eigenvalue weighted by atomic mass is 10.2. The Morgan fingerprint density at radius 3 is 2.94 bits per heavy atom. The fraction of sp³-hybridized carbons (Fsp3) is 0.333. The van der Waals surface area contributed by atoms with Gasteiger partial charge in [-0.1, -0.05) is 0 Å². The van der Waals surface area contributed by atoms with Gasteiger partial charge in [0.1, 0.15) is 5.69 Å². The molecule has 0 saturated heterocycles. The number of esters is 1. The molecule has 1 aromatic rings. The average Bonchev–Trinajstić information content (AvgIpc) is 2.29. The van der Waals surface area contributed by atoms with Crippen LogP contribution in [0.25, 0.3) is 0 Å². The van der Waals surface area contributed by atoms with E-state index >= 15 is 0 Å². The van der Waals surface area contributed by atoms with Crippen molar-refractivity contribution in [2.45, 2.75) is 6.92 Å². The molecule has 1 aliphatic heterocycles. The zero-order valence-electron chi connectivity index (χ0n) is 8.99. The van der Waals surface area contributed by atoms with E-state index in [1.54, 1.807) is 6.92 Å². The second kappa shape index (κ2) is 4.24. The van der Waals surface area contributed by atoms with Crippen LogP contribution in [0.15, 0.2) is 4.79 Å². The summed E-state index contributed by atoms with van der Waals surface area (Å²) in [6.45, 7) is 1.81. The summed E-state index contributed by atoms with van der Waals surface area (Å²) < 4.78 is 4.77. The van der Waals surface area contributed by atoms with E-state index in [0.717, 1.165) is 0 Å². The highest BCUT2D eigenvalue weighted by Crippen LogP contribution is 2.23. The summed E-state index contributed by atoms with van der Waals surface area (Å²) in [6.07, 6.45) is 0. The van der Waals surface area contributed by atoms with Gasteiger partial charge in [0.15, 0.2) is 11.5 Å². The van der Waals surface area contributed by atoms with Crippen LogP contribution in [-0.4, -0.2) is 35.0 Å². The smallest absolute Gasteiger partial charge is 0.357 e. The topological polar surface area (TPSA) is 113 Å². The Kier molecular flexibility index (Phi) is 2.77. The van der Waals surface area contributed by atoms with Gasteiger partial charge in [-0.05, 0) is 6.92 Å². The van der Waals surface area contributed by atoms with Gasteiger partial charge in [0.2, 0.25) is 5.91 Å². The van der Waals surface area contributed by atoms with Gasteiger partial charge in [-0.25, -0.2) is 9.59 Å². The number of hydrogen-bond acceptors (Lipinski definition) is 6. The van der Waals surface area contributed by atoms with E-state index in [4.69, 9.17) is 4.74 Å². The first-order chi connectivity index (χ1) is 8.11. The number of nitrogens with zero attached hydrogens (tertiary/aromatic N) is 1. The Labute approximate surface area is 95.4 Å². The molecule has 1 aromatic heterocycles. The van der Waals surface area contributed by atoms with Crippen molar-refractivity contribution in [3.63, 3.8) is 0 Å². The minimum absolute atomic E-state index is 0.00567. The Balaban J connectivity index is 2.51. The maximum Gasteiger partial charge on any atom is 0.357 e. The predicted octanol–water partition coefficient (Wildman–Crippen LogP) is -0.689. The largest absolute Gasteiger partial charge is 0.461 e. The lowest BCUT2D eigenvalue weighted by Crippen LogP contribution is -2.33. The van der Waals surface area contributed by atoms with Crippen molar-refractivity contribution in [2.24, 2.45) is 0 Å². The highest BCUT2D eigenvalue weighted by Gasteiger charge is 2.24. The molecular weight excluding hydrogens is 228 g/mol. The molecular formula is C9H10N4O4. The molecule has 0 bridgehead atoms. The van der Waals surface area contributed by atoms with Crippen molar-refractivity contribution < 1.29 is 14.3 Å². The normalized spacial score (nSPS) is 13.4. The predicted molar refractivity (Wildman–Crippen MR) is 57.9 cm³/mol. The van der Waals surface area contributed by atoms with E-state index in [1.807, 2.05) is 0 Å². The van der Waals surface area contributed by atoms with Gasteiger partial charge in [-0.3, -0.25) is 9.78 Å². The maximum atomic E-state index is 11.6. The summed E-state index contributed by atoms with van der Waals surface area (Å²) >= 11 is 0. The van der Waals surface area contributed by atoms with E-state index in [-0.39, 0.29) is 36.3 Å². The highest BCUT2D eigenvalue weighted by atomic mass is 16.5. The van der Waals surface area contributed by atoms with Crippen molar-refractivity contribution in [3.05, 3.63) is 16.2 Å². The number of hydrogen-bond donors (Lipinski definition) is 3. The number of carbonyl (C=O) groups is 2. The van der Waals surface area contributed by atoms with E-state index in [1.165, 1.54) is 0 Å². The molecule has 0 spiro atoms. The molecule has 3 N–H and O–H groups in total. The summed E-state index contributed by atoms with van der Waals surface area (Å²) in [6, 6.07) is 0. The second-order valence-corrected chi connectivity index (χ2v) is 3.26. The number of anilines is 2. The van der Waals surface area contributed by atoms with Gasteiger partial charge in [0, 0.05) is 0 Å². The lowest BCUT2D eigenvalue weighted by molar-refractivity contribution is -0.114. The molecule has 2 rings (SSSR count). The maximum absolute atomic E-state index is 11.6. The summed E-state index contributed by atoms with van der Waals surface area (Å²) in [5, 5.41) is 5.10. The van der Waals surface area contributed by atoms with E-state index < -0.39 is 11.7 Å². The van der Waals surface area contributed by atoms with E-state index in [9.17, 15) is 14.4 Å². The third kappa shape index (κ3) is 2.10. The second-order valence-electron chi connectivity index (χ2n) is 3.26. The third-order valence-electron chi connectivity index (χ3n) is 2.09. The number of aromatic amines is 1. The zero-order chi connectivity index (χ0) is 12.4. The Hall–Kier alpha value is -2.38. The number of aromatic nitrogens is 2. The number of amides is 1. The molecule has 0 atom stereocenters. The summed E-state index contributed by atoms with van der Waals surface area (Å²) in [7, 11) is 0. The van der Waals surface area contributed by atoms with E-state index in [0.29, 0.717) is 0 Å². The fourth-order valence-corrected chi connectivity index (χ4v) is 1.43.